The Morgan fingerprint density at radius 3 is 2.25 bits per heavy atom. The lowest BCUT2D eigenvalue weighted by Crippen LogP contribution is -2.62. The molecule has 1 aromatic rings. The van der Waals surface area contributed by atoms with Crippen molar-refractivity contribution in [2.75, 3.05) is 5.32 Å². The smallest absolute Gasteiger partial charge is 0.422 e. The van der Waals surface area contributed by atoms with Gasteiger partial charge in [-0.2, -0.15) is 13.2 Å². The van der Waals surface area contributed by atoms with Gasteiger partial charge in [0.25, 0.3) is 0 Å². The number of hydrogen-bond donors (Lipinski definition) is 3. The molecule has 0 bridgehead atoms. The summed E-state index contributed by atoms with van der Waals surface area (Å²) < 4.78 is 38.5. The summed E-state index contributed by atoms with van der Waals surface area (Å²) in [6.07, 6.45) is -5.13. The SMILES string of the molecule is CC(NC(=O)Nc1ccccc1Br)(C(=O)O)C(F)(F)F. The van der Waals surface area contributed by atoms with E-state index >= 15 is 0 Å². The number of para-hydroxylation sites is 1. The Labute approximate surface area is 120 Å². The largest absolute Gasteiger partial charge is 0.479 e. The van der Waals surface area contributed by atoms with Crippen molar-refractivity contribution in [2.24, 2.45) is 0 Å². The van der Waals surface area contributed by atoms with Gasteiger partial charge >= 0.3 is 18.2 Å². The van der Waals surface area contributed by atoms with Crippen LogP contribution in [0.25, 0.3) is 0 Å². The molecule has 0 aromatic heterocycles. The molecule has 0 heterocycles. The number of carboxylic acid groups (broad SMARTS) is 1. The van der Waals surface area contributed by atoms with Gasteiger partial charge in [0.15, 0.2) is 0 Å². The van der Waals surface area contributed by atoms with E-state index < -0.39 is 23.7 Å². The van der Waals surface area contributed by atoms with Crippen LogP contribution in [0.4, 0.5) is 23.7 Å². The van der Waals surface area contributed by atoms with Crippen LogP contribution in [0, 0.1) is 0 Å². The van der Waals surface area contributed by atoms with Crippen LogP contribution in [-0.2, 0) is 4.79 Å². The monoisotopic (exact) mass is 354 g/mol. The van der Waals surface area contributed by atoms with Crippen molar-refractivity contribution < 1.29 is 27.9 Å². The molecule has 110 valence electrons. The van der Waals surface area contributed by atoms with Gasteiger partial charge in [-0.15, -0.1) is 0 Å². The summed E-state index contributed by atoms with van der Waals surface area (Å²) in [6.45, 7) is 0.370. The van der Waals surface area contributed by atoms with Gasteiger partial charge in [0.1, 0.15) is 0 Å². The Bertz CT molecular complexity index is 536. The molecule has 0 spiro atoms. The van der Waals surface area contributed by atoms with Crippen molar-refractivity contribution >= 4 is 33.6 Å². The highest BCUT2D eigenvalue weighted by molar-refractivity contribution is 9.10. The van der Waals surface area contributed by atoms with Gasteiger partial charge in [-0.25, -0.2) is 9.59 Å². The molecular weight excluding hydrogens is 345 g/mol. The average molecular weight is 355 g/mol. The first-order valence-electron chi connectivity index (χ1n) is 5.22. The summed E-state index contributed by atoms with van der Waals surface area (Å²) in [5.41, 5.74) is -3.17. The summed E-state index contributed by atoms with van der Waals surface area (Å²) >= 11 is 3.09. The molecule has 0 saturated carbocycles. The lowest BCUT2D eigenvalue weighted by atomic mass is 10.0. The van der Waals surface area contributed by atoms with E-state index in [1.54, 1.807) is 18.2 Å². The van der Waals surface area contributed by atoms with Crippen LogP contribution in [0.15, 0.2) is 28.7 Å². The predicted octanol–water partition coefficient (Wildman–Crippen LogP) is 2.98. The van der Waals surface area contributed by atoms with Gasteiger partial charge in [-0.05, 0) is 35.0 Å². The van der Waals surface area contributed by atoms with Crippen LogP contribution in [0.2, 0.25) is 0 Å². The molecule has 0 aliphatic heterocycles. The minimum absolute atomic E-state index is 0.208. The third-order valence-electron chi connectivity index (χ3n) is 2.48. The van der Waals surface area contributed by atoms with Crippen molar-refractivity contribution in [2.45, 2.75) is 18.6 Å². The number of anilines is 1. The van der Waals surface area contributed by atoms with Crippen molar-refractivity contribution in [1.29, 1.82) is 0 Å². The molecule has 1 unspecified atom stereocenters. The first-order valence-corrected chi connectivity index (χ1v) is 6.01. The van der Waals surface area contributed by atoms with Crippen molar-refractivity contribution in [3.63, 3.8) is 0 Å². The molecule has 3 N–H and O–H groups in total. The van der Waals surface area contributed by atoms with Gasteiger partial charge in [0, 0.05) is 4.47 Å². The first kappa shape index (κ1) is 16.3. The van der Waals surface area contributed by atoms with Gasteiger partial charge in [-0.3, -0.25) is 0 Å². The number of alkyl halides is 3. The van der Waals surface area contributed by atoms with E-state index in [0.717, 1.165) is 0 Å². The maximum atomic E-state index is 12.7. The quantitative estimate of drug-likeness (QED) is 0.780. The Balaban J connectivity index is 2.89. The molecule has 0 saturated heterocycles. The third kappa shape index (κ3) is 3.41. The molecular formula is C11H10BrF3N2O3. The van der Waals surface area contributed by atoms with E-state index in [1.165, 1.54) is 11.4 Å². The summed E-state index contributed by atoms with van der Waals surface area (Å²) in [5.74, 6) is -2.20. The van der Waals surface area contributed by atoms with E-state index in [-0.39, 0.29) is 5.69 Å². The van der Waals surface area contributed by atoms with Crippen LogP contribution in [0.1, 0.15) is 6.92 Å². The third-order valence-corrected chi connectivity index (χ3v) is 3.17. The van der Waals surface area contributed by atoms with Gasteiger partial charge in [0.05, 0.1) is 5.69 Å². The number of hydrogen-bond acceptors (Lipinski definition) is 2. The highest BCUT2D eigenvalue weighted by atomic mass is 79.9. The number of carbonyl (C=O) groups is 2. The second-order valence-electron chi connectivity index (χ2n) is 3.99. The zero-order chi connectivity index (χ0) is 15.6. The highest BCUT2D eigenvalue weighted by Gasteiger charge is 2.58. The number of benzene rings is 1. The second-order valence-corrected chi connectivity index (χ2v) is 4.84. The first-order chi connectivity index (χ1) is 9.08. The number of carbonyl (C=O) groups excluding carboxylic acids is 1. The Hall–Kier alpha value is -1.77. The maximum absolute atomic E-state index is 12.7. The van der Waals surface area contributed by atoms with Crippen molar-refractivity contribution in [3.8, 4) is 0 Å². The molecule has 5 nitrogen and oxygen atoms in total. The summed E-state index contributed by atoms with van der Waals surface area (Å²) in [4.78, 5) is 22.3. The highest BCUT2D eigenvalue weighted by Crippen LogP contribution is 2.30. The maximum Gasteiger partial charge on any atom is 0.422 e. The van der Waals surface area contributed by atoms with Crippen LogP contribution < -0.4 is 10.6 Å². The van der Waals surface area contributed by atoms with E-state index in [4.69, 9.17) is 5.11 Å². The lowest BCUT2D eigenvalue weighted by Gasteiger charge is -2.28. The molecule has 0 aliphatic rings. The lowest BCUT2D eigenvalue weighted by molar-refractivity contribution is -0.203. The fourth-order valence-electron chi connectivity index (χ4n) is 1.19. The second kappa shape index (κ2) is 5.70. The average Bonchev–Trinajstić information content (AvgIpc) is 2.30. The summed E-state index contributed by atoms with van der Waals surface area (Å²) in [6, 6.07) is 4.93. The van der Waals surface area contributed by atoms with Crippen LogP contribution in [0.3, 0.4) is 0 Å². The molecule has 2 amide bonds. The number of nitrogens with one attached hydrogen (secondary N) is 2. The Kier molecular flexibility index (Phi) is 4.64. The molecule has 0 aliphatic carbocycles. The van der Waals surface area contributed by atoms with Crippen molar-refractivity contribution in [3.05, 3.63) is 28.7 Å². The fraction of sp³-hybridized carbons (Fsp3) is 0.273. The number of aliphatic carboxylic acids is 1. The van der Waals surface area contributed by atoms with E-state index in [1.807, 2.05) is 0 Å². The number of carboxylic acids is 1. The number of halogens is 4. The zero-order valence-electron chi connectivity index (χ0n) is 10.1. The molecule has 20 heavy (non-hydrogen) atoms. The van der Waals surface area contributed by atoms with E-state index in [9.17, 15) is 22.8 Å². The standard InChI is InChI=1S/C11H10BrF3N2O3/c1-10(8(18)19,11(13,14)15)17-9(20)16-7-5-3-2-4-6(7)12/h2-5H,1H3,(H,18,19)(H2,16,17,20). The van der Waals surface area contributed by atoms with Crippen LogP contribution in [-0.4, -0.2) is 28.8 Å². The van der Waals surface area contributed by atoms with Crippen LogP contribution >= 0.6 is 15.9 Å². The van der Waals surface area contributed by atoms with Gasteiger partial charge in [0.2, 0.25) is 5.54 Å². The minimum atomic E-state index is -5.13. The predicted molar refractivity (Wildman–Crippen MR) is 68.4 cm³/mol. The molecule has 0 fully saturated rings. The van der Waals surface area contributed by atoms with Crippen LogP contribution in [0.5, 0.6) is 0 Å². The molecule has 9 heteroatoms. The molecule has 1 atom stereocenters. The zero-order valence-corrected chi connectivity index (χ0v) is 11.7. The topological polar surface area (TPSA) is 78.4 Å². The number of urea groups is 1. The molecule has 1 aromatic carbocycles. The number of amides is 2. The molecule has 1 rings (SSSR count). The normalized spacial score (nSPS) is 14.2. The summed E-state index contributed by atoms with van der Waals surface area (Å²) in [7, 11) is 0. The van der Waals surface area contributed by atoms with Gasteiger partial charge < -0.3 is 15.7 Å². The summed E-state index contributed by atoms with van der Waals surface area (Å²) in [5, 5.41) is 12.2. The van der Waals surface area contributed by atoms with E-state index in [2.05, 4.69) is 21.2 Å². The van der Waals surface area contributed by atoms with E-state index in [0.29, 0.717) is 11.4 Å². The molecule has 0 radical (unpaired) electrons. The fourth-order valence-corrected chi connectivity index (χ4v) is 1.57. The Morgan fingerprint density at radius 1 is 1.25 bits per heavy atom. The van der Waals surface area contributed by atoms with Crippen molar-refractivity contribution in [1.82, 2.24) is 5.32 Å². The van der Waals surface area contributed by atoms with Gasteiger partial charge in [-0.1, -0.05) is 12.1 Å². The number of rotatable bonds is 3. The Morgan fingerprint density at radius 2 is 1.80 bits per heavy atom. The minimum Gasteiger partial charge on any atom is -0.479 e.